The van der Waals surface area contributed by atoms with Gasteiger partial charge in [0.1, 0.15) is 18.1 Å². The van der Waals surface area contributed by atoms with Gasteiger partial charge in [0.05, 0.1) is 12.6 Å². The molecule has 15 N–H and O–H groups in total. The number of hydrogen-bond donors (Lipinski definition) is 10. The van der Waals surface area contributed by atoms with Crippen molar-refractivity contribution in [3.8, 4) is 0 Å². The number of aliphatic carboxylic acids is 1. The van der Waals surface area contributed by atoms with Crippen LogP contribution in [-0.4, -0.2) is 89.7 Å². The van der Waals surface area contributed by atoms with Crippen LogP contribution in [0.1, 0.15) is 46.0 Å². The summed E-state index contributed by atoms with van der Waals surface area (Å²) in [6.45, 7) is 3.30. The third-order valence-electron chi connectivity index (χ3n) is 5.02. The summed E-state index contributed by atoms with van der Waals surface area (Å²) in [5.41, 5.74) is 27.0. The minimum atomic E-state index is -1.56. The third kappa shape index (κ3) is 15.1. The van der Waals surface area contributed by atoms with Gasteiger partial charge in [-0.25, -0.2) is 4.79 Å². The summed E-state index contributed by atoms with van der Waals surface area (Å²) in [5.74, 6) is -3.72. The largest absolute Gasteiger partial charge is 0.480 e. The number of carbonyl (C=O) groups excluding carboxylic acids is 3. The minimum Gasteiger partial charge on any atom is -0.480 e. The normalized spacial score (nSPS) is 14.0. The van der Waals surface area contributed by atoms with Gasteiger partial charge in [-0.1, -0.05) is 13.8 Å². The summed E-state index contributed by atoms with van der Waals surface area (Å²) in [5, 5.41) is 25.7. The van der Waals surface area contributed by atoms with Gasteiger partial charge in [0.25, 0.3) is 0 Å². The summed E-state index contributed by atoms with van der Waals surface area (Å²) < 4.78 is 0. The highest BCUT2D eigenvalue weighted by molar-refractivity contribution is 5.94. The smallest absolute Gasteiger partial charge is 0.328 e. The monoisotopic (exact) mass is 530 g/mol. The van der Waals surface area contributed by atoms with E-state index in [-0.39, 0.29) is 50.1 Å². The average molecular weight is 531 g/mol. The van der Waals surface area contributed by atoms with E-state index in [1.54, 1.807) is 0 Å². The Kier molecular flexibility index (Phi) is 16.0. The van der Waals surface area contributed by atoms with Crippen molar-refractivity contribution in [3.63, 3.8) is 0 Å². The molecule has 0 aliphatic carbocycles. The van der Waals surface area contributed by atoms with Crippen molar-refractivity contribution in [3.05, 3.63) is 0 Å². The van der Waals surface area contributed by atoms with Crippen LogP contribution < -0.4 is 44.6 Å². The summed E-state index contributed by atoms with van der Waals surface area (Å²) in [6.07, 6.45) is 1.29. The molecule has 4 unspecified atom stereocenters. The number of aliphatic hydroxyl groups excluding tert-OH is 1. The first-order valence-electron chi connectivity index (χ1n) is 11.9. The van der Waals surface area contributed by atoms with Crippen LogP contribution in [0.4, 0.5) is 0 Å². The van der Waals surface area contributed by atoms with E-state index in [2.05, 4.69) is 25.9 Å². The number of nitrogens with one attached hydrogen (secondary N) is 3. The molecule has 0 spiro atoms. The van der Waals surface area contributed by atoms with Gasteiger partial charge in [0.15, 0.2) is 11.9 Å². The molecule has 4 atom stereocenters. The molecule has 0 aliphatic rings. The van der Waals surface area contributed by atoms with Crippen molar-refractivity contribution < 1.29 is 29.4 Å². The topological polar surface area (TPSA) is 300 Å². The first-order chi connectivity index (χ1) is 17.3. The van der Waals surface area contributed by atoms with E-state index in [0.29, 0.717) is 13.0 Å². The molecule has 0 aromatic heterocycles. The van der Waals surface area contributed by atoms with Crippen LogP contribution >= 0.6 is 0 Å². The molecular formula is C21H42N10O6. The van der Waals surface area contributed by atoms with E-state index in [4.69, 9.17) is 33.8 Å². The molecule has 0 heterocycles. The van der Waals surface area contributed by atoms with E-state index in [1.807, 2.05) is 13.8 Å². The third-order valence-corrected chi connectivity index (χ3v) is 5.02. The van der Waals surface area contributed by atoms with Crippen LogP contribution in [0.25, 0.3) is 0 Å². The van der Waals surface area contributed by atoms with Crippen LogP contribution in [0.2, 0.25) is 0 Å². The molecular weight excluding hydrogens is 488 g/mol. The van der Waals surface area contributed by atoms with Gasteiger partial charge in [0.2, 0.25) is 17.7 Å². The number of carboxylic acids is 1. The van der Waals surface area contributed by atoms with Gasteiger partial charge in [0, 0.05) is 13.1 Å². The molecule has 3 amide bonds. The number of guanidine groups is 2. The Bertz CT molecular complexity index is 812. The van der Waals surface area contributed by atoms with E-state index in [1.165, 1.54) is 0 Å². The fraction of sp³-hybridized carbons (Fsp3) is 0.714. The molecule has 16 nitrogen and oxygen atoms in total. The molecule has 0 aromatic rings. The Labute approximate surface area is 215 Å². The number of carboxylic acid groups (broad SMARTS) is 1. The average Bonchev–Trinajstić information content (AvgIpc) is 2.80. The van der Waals surface area contributed by atoms with E-state index >= 15 is 0 Å². The van der Waals surface area contributed by atoms with Crippen LogP contribution in [0, 0.1) is 5.92 Å². The lowest BCUT2D eigenvalue weighted by Gasteiger charge is -2.26. The van der Waals surface area contributed by atoms with Crippen LogP contribution in [-0.2, 0) is 19.2 Å². The molecule has 37 heavy (non-hydrogen) atoms. The van der Waals surface area contributed by atoms with Crippen molar-refractivity contribution >= 4 is 35.6 Å². The second-order valence-electron chi connectivity index (χ2n) is 8.84. The standard InChI is InChI=1S/C21H42N10O6/c1-11(2)9-14(30-16(33)12(22)5-3-7-27-20(23)24)18(35)29-13(6-4-8-28-21(25)26)17(34)31-15(10-32)19(36)37/h11-15,32H,3-10,22H2,1-2H3,(H,29,35)(H,30,33)(H,31,34)(H,36,37)(H4,23,24,27)(H4,25,26,28). The number of nitrogens with two attached hydrogens (primary N) is 5. The summed E-state index contributed by atoms with van der Waals surface area (Å²) in [6, 6.07) is -4.68. The number of carbonyl (C=O) groups is 4. The lowest BCUT2D eigenvalue weighted by atomic mass is 10.0. The number of aliphatic imine (C=N–C) groups is 2. The first kappa shape index (κ1) is 33.3. The quantitative estimate of drug-likeness (QED) is 0.0462. The second-order valence-corrected chi connectivity index (χ2v) is 8.84. The predicted octanol–water partition coefficient (Wildman–Crippen LogP) is -4.00. The van der Waals surface area contributed by atoms with Gasteiger partial charge >= 0.3 is 5.97 Å². The molecule has 0 aromatic carbocycles. The van der Waals surface area contributed by atoms with Crippen LogP contribution in [0.3, 0.4) is 0 Å². The lowest BCUT2D eigenvalue weighted by molar-refractivity contribution is -0.143. The first-order valence-corrected chi connectivity index (χ1v) is 11.9. The Balaban J connectivity index is 5.45. The van der Waals surface area contributed by atoms with Crippen molar-refractivity contribution in [1.29, 1.82) is 0 Å². The maximum absolute atomic E-state index is 13.1. The zero-order valence-electron chi connectivity index (χ0n) is 21.4. The molecule has 0 saturated carbocycles. The predicted molar refractivity (Wildman–Crippen MR) is 138 cm³/mol. The Morgan fingerprint density at radius 1 is 0.757 bits per heavy atom. The van der Waals surface area contributed by atoms with Crippen molar-refractivity contribution in [2.24, 2.45) is 44.6 Å². The van der Waals surface area contributed by atoms with Crippen molar-refractivity contribution in [2.75, 3.05) is 19.7 Å². The van der Waals surface area contributed by atoms with Crippen LogP contribution in [0.5, 0.6) is 0 Å². The van der Waals surface area contributed by atoms with Gasteiger partial charge < -0.3 is 54.8 Å². The van der Waals surface area contributed by atoms with Crippen molar-refractivity contribution in [1.82, 2.24) is 16.0 Å². The Morgan fingerprint density at radius 2 is 1.22 bits per heavy atom. The molecule has 0 aliphatic heterocycles. The van der Waals surface area contributed by atoms with Crippen LogP contribution in [0.15, 0.2) is 9.98 Å². The fourth-order valence-corrected chi connectivity index (χ4v) is 3.13. The zero-order chi connectivity index (χ0) is 28.5. The number of hydrogen-bond acceptors (Lipinski definition) is 8. The lowest BCUT2D eigenvalue weighted by Crippen LogP contribution is -2.57. The molecule has 0 radical (unpaired) electrons. The second kappa shape index (κ2) is 17.7. The molecule has 16 heteroatoms. The fourth-order valence-electron chi connectivity index (χ4n) is 3.13. The number of rotatable bonds is 18. The van der Waals surface area contributed by atoms with Gasteiger partial charge in [-0.05, 0) is 38.0 Å². The van der Waals surface area contributed by atoms with Gasteiger partial charge in [-0.15, -0.1) is 0 Å². The minimum absolute atomic E-state index is 0.00550. The number of nitrogens with zero attached hydrogens (tertiary/aromatic N) is 2. The summed E-state index contributed by atoms with van der Waals surface area (Å²) >= 11 is 0. The highest BCUT2D eigenvalue weighted by Gasteiger charge is 2.30. The van der Waals surface area contributed by atoms with Gasteiger partial charge in [-0.3, -0.25) is 24.4 Å². The number of aliphatic hydroxyl groups is 1. The van der Waals surface area contributed by atoms with Gasteiger partial charge in [-0.2, -0.15) is 0 Å². The number of amides is 3. The van der Waals surface area contributed by atoms with E-state index in [9.17, 15) is 24.3 Å². The summed E-state index contributed by atoms with van der Waals surface area (Å²) in [4.78, 5) is 57.3. The maximum atomic E-state index is 13.1. The SMILES string of the molecule is CC(C)CC(NC(=O)C(N)CCCN=C(N)N)C(=O)NC(CCCN=C(N)N)C(=O)NC(CO)C(=O)O. The Hall–Kier alpha value is -3.66. The van der Waals surface area contributed by atoms with E-state index in [0.717, 1.165) is 0 Å². The summed E-state index contributed by atoms with van der Waals surface area (Å²) in [7, 11) is 0. The maximum Gasteiger partial charge on any atom is 0.328 e. The van der Waals surface area contributed by atoms with E-state index < -0.39 is 54.5 Å². The highest BCUT2D eigenvalue weighted by atomic mass is 16.4. The highest BCUT2D eigenvalue weighted by Crippen LogP contribution is 2.08. The molecule has 0 bridgehead atoms. The van der Waals surface area contributed by atoms with Crippen molar-refractivity contribution in [2.45, 2.75) is 70.1 Å². The zero-order valence-corrected chi connectivity index (χ0v) is 21.4. The molecule has 212 valence electrons. The molecule has 0 saturated heterocycles. The Morgan fingerprint density at radius 3 is 1.68 bits per heavy atom. The molecule has 0 fully saturated rings. The molecule has 0 rings (SSSR count).